The van der Waals surface area contributed by atoms with E-state index in [4.69, 9.17) is 0 Å². The smallest absolute Gasteiger partial charge is 0.317 e. The highest BCUT2D eigenvalue weighted by atomic mass is 16.2. The SMILES string of the molecule is CCCN1C[C@@H](NC(=O)N(CC)CC)CC2c3cccc4c3C(CN4)C[C@H]21. The van der Waals surface area contributed by atoms with E-state index in [1.54, 1.807) is 5.56 Å². The normalized spacial score (nSPS) is 28.9. The summed E-state index contributed by atoms with van der Waals surface area (Å²) >= 11 is 0. The van der Waals surface area contributed by atoms with Gasteiger partial charge in [-0.05, 0) is 56.8 Å². The van der Waals surface area contributed by atoms with E-state index in [-0.39, 0.29) is 12.1 Å². The van der Waals surface area contributed by atoms with Crippen molar-refractivity contribution in [1.82, 2.24) is 15.1 Å². The molecule has 0 aromatic heterocycles. The number of benzene rings is 1. The summed E-state index contributed by atoms with van der Waals surface area (Å²) in [4.78, 5) is 17.2. The lowest BCUT2D eigenvalue weighted by molar-refractivity contribution is 0.0838. The van der Waals surface area contributed by atoms with Gasteiger partial charge in [-0.1, -0.05) is 19.1 Å². The topological polar surface area (TPSA) is 47.6 Å². The summed E-state index contributed by atoms with van der Waals surface area (Å²) in [6.07, 6.45) is 3.47. The van der Waals surface area contributed by atoms with Crippen LogP contribution in [0.4, 0.5) is 10.5 Å². The number of nitrogens with zero attached hydrogens (tertiary/aromatic N) is 2. The largest absolute Gasteiger partial charge is 0.384 e. The van der Waals surface area contributed by atoms with Gasteiger partial charge in [-0.2, -0.15) is 0 Å². The predicted molar refractivity (Wildman–Crippen MR) is 111 cm³/mol. The van der Waals surface area contributed by atoms with Crippen LogP contribution in [0, 0.1) is 0 Å². The molecule has 4 atom stereocenters. The van der Waals surface area contributed by atoms with Crippen molar-refractivity contribution in [1.29, 1.82) is 0 Å². The molecular formula is C22H34N4O. The number of rotatable bonds is 5. The Morgan fingerprint density at radius 3 is 2.81 bits per heavy atom. The molecule has 2 aliphatic heterocycles. The first-order valence-electron chi connectivity index (χ1n) is 10.8. The van der Waals surface area contributed by atoms with Crippen molar-refractivity contribution >= 4 is 11.7 Å². The van der Waals surface area contributed by atoms with Crippen molar-refractivity contribution < 1.29 is 4.79 Å². The number of nitrogens with one attached hydrogen (secondary N) is 2. The fourth-order valence-corrected chi connectivity index (χ4v) is 5.63. The van der Waals surface area contributed by atoms with Gasteiger partial charge in [-0.25, -0.2) is 4.79 Å². The Morgan fingerprint density at radius 2 is 2.07 bits per heavy atom. The summed E-state index contributed by atoms with van der Waals surface area (Å²) in [5.74, 6) is 1.18. The van der Waals surface area contributed by atoms with Crippen LogP contribution in [0.15, 0.2) is 18.2 Å². The molecule has 0 spiro atoms. The highest BCUT2D eigenvalue weighted by molar-refractivity contribution is 5.74. The second kappa shape index (κ2) is 7.70. The first-order valence-corrected chi connectivity index (χ1v) is 10.8. The van der Waals surface area contributed by atoms with Crippen LogP contribution in [-0.2, 0) is 0 Å². The molecular weight excluding hydrogens is 336 g/mol. The molecule has 1 aromatic carbocycles. The predicted octanol–water partition coefficient (Wildman–Crippen LogP) is 3.59. The monoisotopic (exact) mass is 370 g/mol. The fourth-order valence-electron chi connectivity index (χ4n) is 5.63. The maximum Gasteiger partial charge on any atom is 0.317 e. The van der Waals surface area contributed by atoms with Crippen molar-refractivity contribution in [3.05, 3.63) is 29.3 Å². The van der Waals surface area contributed by atoms with Crippen molar-refractivity contribution in [2.45, 2.75) is 64.0 Å². The first-order chi connectivity index (χ1) is 13.2. The van der Waals surface area contributed by atoms with E-state index >= 15 is 0 Å². The molecule has 1 aliphatic carbocycles. The van der Waals surface area contributed by atoms with Gasteiger partial charge in [0.2, 0.25) is 0 Å². The van der Waals surface area contributed by atoms with E-state index < -0.39 is 0 Å². The van der Waals surface area contributed by atoms with Crippen LogP contribution in [0.5, 0.6) is 0 Å². The maximum atomic E-state index is 12.6. The Bertz CT molecular complexity index is 687. The van der Waals surface area contributed by atoms with Gasteiger partial charge < -0.3 is 15.5 Å². The van der Waals surface area contributed by atoms with E-state index in [0.29, 0.717) is 17.9 Å². The van der Waals surface area contributed by atoms with E-state index in [1.807, 2.05) is 18.7 Å². The third-order valence-corrected chi connectivity index (χ3v) is 6.83. The van der Waals surface area contributed by atoms with E-state index in [0.717, 1.165) is 45.6 Å². The third kappa shape index (κ3) is 3.31. The third-order valence-electron chi connectivity index (χ3n) is 6.83. The number of carbonyl (C=O) groups excluding carboxylic acids is 1. The van der Waals surface area contributed by atoms with Crippen molar-refractivity contribution in [2.75, 3.05) is 38.0 Å². The van der Waals surface area contributed by atoms with Gasteiger partial charge in [0, 0.05) is 55.8 Å². The molecule has 1 aromatic rings. The van der Waals surface area contributed by atoms with Gasteiger partial charge in [-0.15, -0.1) is 0 Å². The highest BCUT2D eigenvalue weighted by Crippen LogP contribution is 2.50. The van der Waals surface area contributed by atoms with Crippen LogP contribution in [0.3, 0.4) is 0 Å². The lowest BCUT2D eigenvalue weighted by Crippen LogP contribution is -2.58. The molecule has 0 radical (unpaired) electrons. The molecule has 1 fully saturated rings. The van der Waals surface area contributed by atoms with Gasteiger partial charge in [0.05, 0.1) is 0 Å². The second-order valence-corrected chi connectivity index (χ2v) is 8.35. The van der Waals surface area contributed by atoms with Crippen LogP contribution >= 0.6 is 0 Å². The fraction of sp³-hybridized carbons (Fsp3) is 0.682. The van der Waals surface area contributed by atoms with Crippen LogP contribution < -0.4 is 10.6 Å². The lowest BCUT2D eigenvalue weighted by atomic mass is 9.69. The molecule has 2 N–H and O–H groups in total. The average molecular weight is 371 g/mol. The molecule has 1 saturated heterocycles. The maximum absolute atomic E-state index is 12.6. The average Bonchev–Trinajstić information content (AvgIpc) is 3.08. The number of piperidine rings is 1. The molecule has 27 heavy (non-hydrogen) atoms. The number of urea groups is 1. The number of likely N-dealkylation sites (tertiary alicyclic amines) is 1. The summed E-state index contributed by atoms with van der Waals surface area (Å²) in [7, 11) is 0. The summed E-state index contributed by atoms with van der Waals surface area (Å²) in [5.41, 5.74) is 4.43. The Morgan fingerprint density at radius 1 is 1.26 bits per heavy atom. The minimum absolute atomic E-state index is 0.0912. The highest BCUT2D eigenvalue weighted by Gasteiger charge is 2.45. The quantitative estimate of drug-likeness (QED) is 0.833. The Kier molecular flexibility index (Phi) is 5.31. The van der Waals surface area contributed by atoms with Crippen molar-refractivity contribution in [3.8, 4) is 0 Å². The standard InChI is InChI=1S/C22H34N4O/c1-4-10-26-14-16(24-22(27)25(5-2)6-3)12-18-17-8-7-9-19-21(17)15(13-23-19)11-20(18)26/h7-9,15-16,18,20,23H,4-6,10-14H2,1-3H3,(H,24,27)/t15?,16-,18?,20+/m0/s1. The second-order valence-electron chi connectivity index (χ2n) is 8.35. The van der Waals surface area contributed by atoms with Crippen molar-refractivity contribution in [2.24, 2.45) is 0 Å². The number of anilines is 1. The lowest BCUT2D eigenvalue weighted by Gasteiger charge is -2.49. The van der Waals surface area contributed by atoms with Crippen LogP contribution in [0.25, 0.3) is 0 Å². The number of amides is 2. The minimum Gasteiger partial charge on any atom is -0.384 e. The summed E-state index contributed by atoms with van der Waals surface area (Å²) in [6, 6.07) is 7.70. The van der Waals surface area contributed by atoms with Gasteiger partial charge in [0.25, 0.3) is 0 Å². The van der Waals surface area contributed by atoms with E-state index in [9.17, 15) is 4.79 Å². The van der Waals surface area contributed by atoms with Crippen LogP contribution in [-0.4, -0.2) is 60.6 Å². The number of fused-ring (bicyclic) bond motifs is 2. The Labute approximate surface area is 163 Å². The number of hydrogen-bond acceptors (Lipinski definition) is 3. The van der Waals surface area contributed by atoms with E-state index in [1.165, 1.54) is 17.7 Å². The molecule has 3 aliphatic rings. The zero-order chi connectivity index (χ0) is 19.0. The molecule has 0 saturated carbocycles. The zero-order valence-corrected chi connectivity index (χ0v) is 17.0. The van der Waals surface area contributed by atoms with Gasteiger partial charge in [0.15, 0.2) is 0 Å². The minimum atomic E-state index is 0.0912. The molecule has 5 heteroatoms. The first kappa shape index (κ1) is 18.6. The zero-order valence-electron chi connectivity index (χ0n) is 17.0. The van der Waals surface area contributed by atoms with Gasteiger partial charge >= 0.3 is 6.03 Å². The molecule has 148 valence electrons. The molecule has 2 heterocycles. The van der Waals surface area contributed by atoms with Crippen LogP contribution in [0.1, 0.15) is 63.0 Å². The molecule has 5 nitrogen and oxygen atoms in total. The van der Waals surface area contributed by atoms with Gasteiger partial charge in [0.1, 0.15) is 0 Å². The summed E-state index contributed by atoms with van der Waals surface area (Å²) < 4.78 is 0. The summed E-state index contributed by atoms with van der Waals surface area (Å²) in [6.45, 7) is 11.1. The van der Waals surface area contributed by atoms with E-state index in [2.05, 4.69) is 40.7 Å². The van der Waals surface area contributed by atoms with Gasteiger partial charge in [-0.3, -0.25) is 4.90 Å². The molecule has 4 rings (SSSR count). The molecule has 2 unspecified atom stereocenters. The van der Waals surface area contributed by atoms with Crippen molar-refractivity contribution in [3.63, 3.8) is 0 Å². The number of hydrogen-bond donors (Lipinski definition) is 2. The Balaban J connectivity index is 1.59. The molecule has 2 amide bonds. The summed E-state index contributed by atoms with van der Waals surface area (Å²) in [5, 5.41) is 6.96. The Hall–Kier alpha value is -1.75. The molecule has 0 bridgehead atoms. The number of carbonyl (C=O) groups is 1. The van der Waals surface area contributed by atoms with Crippen LogP contribution in [0.2, 0.25) is 0 Å².